The highest BCUT2D eigenvalue weighted by molar-refractivity contribution is 7.89. The zero-order valence-electron chi connectivity index (χ0n) is 10.0. The van der Waals surface area contributed by atoms with Crippen LogP contribution >= 0.6 is 0 Å². The topological polar surface area (TPSA) is 68.3 Å². The van der Waals surface area contributed by atoms with E-state index in [0.717, 1.165) is 11.6 Å². The van der Waals surface area contributed by atoms with E-state index in [9.17, 15) is 12.8 Å². The summed E-state index contributed by atoms with van der Waals surface area (Å²) in [5, 5.41) is -0.607. The van der Waals surface area contributed by atoms with Crippen LogP contribution in [0, 0.1) is 5.82 Å². The number of halogens is 1. The summed E-state index contributed by atoms with van der Waals surface area (Å²) in [6.07, 6.45) is 1.22. The molecule has 0 amide bonds. The van der Waals surface area contributed by atoms with Gasteiger partial charge in [-0.3, -0.25) is 0 Å². The molecule has 0 unspecified atom stereocenters. The molecule has 0 aromatic carbocycles. The Kier molecular flexibility index (Phi) is 5.39. The molecule has 0 saturated heterocycles. The second kappa shape index (κ2) is 6.58. The third-order valence-corrected chi connectivity index (χ3v) is 3.26. The van der Waals surface area contributed by atoms with Gasteiger partial charge in [0, 0.05) is 12.7 Å². The summed E-state index contributed by atoms with van der Waals surface area (Å²) in [7, 11) is -3.93. The van der Waals surface area contributed by atoms with Crippen LogP contribution in [-0.2, 0) is 14.8 Å². The van der Waals surface area contributed by atoms with Gasteiger partial charge in [0.2, 0.25) is 5.03 Å². The van der Waals surface area contributed by atoms with Crippen LogP contribution in [0.1, 0.15) is 6.92 Å². The smallest absolute Gasteiger partial charge is 0.261 e. The summed E-state index contributed by atoms with van der Waals surface area (Å²) in [5.74, 6) is -0.882. The van der Waals surface area contributed by atoms with Crippen LogP contribution in [0.3, 0.4) is 0 Å². The summed E-state index contributed by atoms with van der Waals surface area (Å²) >= 11 is 0. The van der Waals surface area contributed by atoms with Gasteiger partial charge in [-0.25, -0.2) is 22.5 Å². The molecule has 0 aliphatic rings. The van der Waals surface area contributed by atoms with Gasteiger partial charge in [-0.2, -0.15) is 0 Å². The maximum Gasteiger partial charge on any atom is 0.261 e. The van der Waals surface area contributed by atoms with Crippen molar-refractivity contribution in [1.29, 1.82) is 0 Å². The Morgan fingerprint density at radius 2 is 2.33 bits per heavy atom. The molecule has 1 heterocycles. The van der Waals surface area contributed by atoms with Gasteiger partial charge in [0.05, 0.1) is 13.2 Å². The van der Waals surface area contributed by atoms with Crippen LogP contribution in [0.5, 0.6) is 0 Å². The molecule has 0 aliphatic heterocycles. The summed E-state index contributed by atoms with van der Waals surface area (Å²) < 4.78 is 43.9. The third kappa shape index (κ3) is 4.52. The molecule has 1 rings (SSSR count). The van der Waals surface area contributed by atoms with E-state index >= 15 is 0 Å². The number of sulfonamides is 1. The van der Waals surface area contributed by atoms with E-state index in [1.54, 1.807) is 6.92 Å². The van der Waals surface area contributed by atoms with Gasteiger partial charge < -0.3 is 4.74 Å². The zero-order valence-corrected chi connectivity index (χ0v) is 10.8. The number of hydrogen-bond donors (Lipinski definition) is 1. The van der Waals surface area contributed by atoms with E-state index in [0.29, 0.717) is 6.61 Å². The van der Waals surface area contributed by atoms with E-state index < -0.39 is 20.9 Å². The highest BCUT2D eigenvalue weighted by Crippen LogP contribution is 2.09. The van der Waals surface area contributed by atoms with E-state index in [-0.39, 0.29) is 13.2 Å². The van der Waals surface area contributed by atoms with Crippen molar-refractivity contribution in [1.82, 2.24) is 9.71 Å². The Balaban J connectivity index is 2.51. The number of aromatic nitrogens is 1. The largest absolute Gasteiger partial charge is 0.376 e. The first-order valence-corrected chi connectivity index (χ1v) is 6.74. The lowest BCUT2D eigenvalue weighted by atomic mass is 10.4. The molecule has 0 bridgehead atoms. The van der Waals surface area contributed by atoms with Crippen molar-refractivity contribution in [3.05, 3.63) is 36.3 Å². The van der Waals surface area contributed by atoms with Gasteiger partial charge in [-0.1, -0.05) is 12.2 Å². The van der Waals surface area contributed by atoms with Crippen molar-refractivity contribution in [2.45, 2.75) is 11.9 Å². The molecule has 100 valence electrons. The minimum Gasteiger partial charge on any atom is -0.376 e. The second-order valence-electron chi connectivity index (χ2n) is 3.70. The SMILES string of the molecule is C=C(C)COCCNS(=O)(=O)c1ncccc1F. The van der Waals surface area contributed by atoms with Crippen LogP contribution in [-0.4, -0.2) is 33.2 Å². The fourth-order valence-electron chi connectivity index (χ4n) is 1.13. The maximum absolute atomic E-state index is 13.2. The number of pyridine rings is 1. The Bertz CT molecular complexity index is 517. The molecule has 18 heavy (non-hydrogen) atoms. The van der Waals surface area contributed by atoms with Crippen molar-refractivity contribution in [2.24, 2.45) is 0 Å². The van der Waals surface area contributed by atoms with Crippen LogP contribution in [0.15, 0.2) is 35.5 Å². The van der Waals surface area contributed by atoms with Gasteiger partial charge in [-0.15, -0.1) is 0 Å². The van der Waals surface area contributed by atoms with E-state index in [1.165, 1.54) is 12.3 Å². The molecule has 0 saturated carbocycles. The van der Waals surface area contributed by atoms with Crippen LogP contribution < -0.4 is 4.72 Å². The zero-order chi connectivity index (χ0) is 13.6. The quantitative estimate of drug-likeness (QED) is 0.597. The second-order valence-corrected chi connectivity index (χ2v) is 5.38. The van der Waals surface area contributed by atoms with Crippen molar-refractivity contribution in [3.63, 3.8) is 0 Å². The molecule has 1 aromatic heterocycles. The highest BCUT2D eigenvalue weighted by atomic mass is 32.2. The van der Waals surface area contributed by atoms with Gasteiger partial charge in [-0.05, 0) is 19.1 Å². The minimum absolute atomic E-state index is 0.0472. The summed E-state index contributed by atoms with van der Waals surface area (Å²) in [6, 6.07) is 2.36. The molecule has 5 nitrogen and oxygen atoms in total. The molecule has 0 aliphatic carbocycles. The molecule has 0 spiro atoms. The summed E-state index contributed by atoms with van der Waals surface area (Å²) in [6.45, 7) is 6.03. The van der Waals surface area contributed by atoms with Gasteiger partial charge in [0.1, 0.15) is 0 Å². The lowest BCUT2D eigenvalue weighted by molar-refractivity contribution is 0.162. The lowest BCUT2D eigenvalue weighted by Crippen LogP contribution is -2.29. The van der Waals surface area contributed by atoms with Crippen molar-refractivity contribution >= 4 is 10.0 Å². The van der Waals surface area contributed by atoms with E-state index in [2.05, 4.69) is 16.3 Å². The number of nitrogens with zero attached hydrogens (tertiary/aromatic N) is 1. The standard InChI is InChI=1S/C11H15FN2O3S/c1-9(2)8-17-7-6-14-18(15,16)11-10(12)4-3-5-13-11/h3-5,14H,1,6-8H2,2H3. The Morgan fingerprint density at radius 3 is 2.94 bits per heavy atom. The van der Waals surface area contributed by atoms with Gasteiger partial charge >= 0.3 is 0 Å². The fraction of sp³-hybridized carbons (Fsp3) is 0.364. The van der Waals surface area contributed by atoms with E-state index in [4.69, 9.17) is 4.74 Å². The number of rotatable bonds is 7. The predicted molar refractivity (Wildman–Crippen MR) is 65.0 cm³/mol. The molecule has 1 aromatic rings. The van der Waals surface area contributed by atoms with Gasteiger partial charge in [0.15, 0.2) is 5.82 Å². The first-order chi connectivity index (χ1) is 8.43. The van der Waals surface area contributed by atoms with Crippen LogP contribution in [0.4, 0.5) is 4.39 Å². The first kappa shape index (κ1) is 14.7. The Hall–Kier alpha value is -1.31. The third-order valence-electron chi connectivity index (χ3n) is 1.87. The predicted octanol–water partition coefficient (Wildman–Crippen LogP) is 1.09. The van der Waals surface area contributed by atoms with E-state index in [1.807, 2.05) is 0 Å². The lowest BCUT2D eigenvalue weighted by Gasteiger charge is -2.07. The van der Waals surface area contributed by atoms with Crippen LogP contribution in [0.25, 0.3) is 0 Å². The molecular weight excluding hydrogens is 259 g/mol. The molecular formula is C11H15FN2O3S. The molecule has 0 atom stereocenters. The fourth-order valence-corrected chi connectivity index (χ4v) is 2.15. The van der Waals surface area contributed by atoms with Crippen molar-refractivity contribution in [2.75, 3.05) is 19.8 Å². The average molecular weight is 274 g/mol. The Labute approximate surface area is 106 Å². The maximum atomic E-state index is 13.2. The summed E-state index contributed by atoms with van der Waals surface area (Å²) in [4.78, 5) is 3.50. The summed E-state index contributed by atoms with van der Waals surface area (Å²) in [5.41, 5.74) is 0.841. The average Bonchev–Trinajstić information content (AvgIpc) is 2.28. The molecule has 0 radical (unpaired) electrons. The first-order valence-electron chi connectivity index (χ1n) is 5.26. The normalized spacial score (nSPS) is 11.4. The molecule has 0 fully saturated rings. The highest BCUT2D eigenvalue weighted by Gasteiger charge is 2.19. The minimum atomic E-state index is -3.93. The van der Waals surface area contributed by atoms with Crippen LogP contribution in [0.2, 0.25) is 0 Å². The number of ether oxygens (including phenoxy) is 1. The van der Waals surface area contributed by atoms with Gasteiger partial charge in [0.25, 0.3) is 10.0 Å². The molecule has 1 N–H and O–H groups in total. The van der Waals surface area contributed by atoms with Crippen molar-refractivity contribution in [3.8, 4) is 0 Å². The Morgan fingerprint density at radius 1 is 1.61 bits per heavy atom. The number of nitrogens with one attached hydrogen (secondary N) is 1. The number of hydrogen-bond acceptors (Lipinski definition) is 4. The monoisotopic (exact) mass is 274 g/mol. The van der Waals surface area contributed by atoms with Crippen molar-refractivity contribution < 1.29 is 17.5 Å². The molecule has 7 heteroatoms.